The van der Waals surface area contributed by atoms with Crippen molar-refractivity contribution in [3.63, 3.8) is 0 Å². The van der Waals surface area contributed by atoms with Crippen molar-refractivity contribution in [2.75, 3.05) is 11.9 Å². The van der Waals surface area contributed by atoms with Crippen molar-refractivity contribution in [1.29, 1.82) is 0 Å². The predicted molar refractivity (Wildman–Crippen MR) is 42.0 cm³/mol. The lowest BCUT2D eigenvalue weighted by Gasteiger charge is -2.01. The lowest BCUT2D eigenvalue weighted by atomic mass is 10.6. The maximum atomic E-state index is 12.5. The Balaban J connectivity index is 3.46. The summed E-state index contributed by atoms with van der Waals surface area (Å²) in [5.41, 5.74) is 0. The van der Waals surface area contributed by atoms with Gasteiger partial charge in [0, 0.05) is 11.9 Å². The number of rotatable bonds is 4. The standard InChI is InChI=1S/C5H12FOPS/c1-3-5-9-8(6,7)4-2/h3-5H2,1-2H3. The molecule has 0 aliphatic rings. The predicted octanol–water partition coefficient (Wildman–Crippen LogP) is 3.31. The van der Waals surface area contributed by atoms with E-state index in [9.17, 15) is 8.76 Å². The Morgan fingerprint density at radius 2 is 2.11 bits per heavy atom. The van der Waals surface area contributed by atoms with Gasteiger partial charge in [0.25, 0.3) is 6.65 Å². The second kappa shape index (κ2) is 4.35. The molecule has 1 unspecified atom stereocenters. The molecule has 0 spiro atoms. The summed E-state index contributed by atoms with van der Waals surface area (Å²) >= 11 is 0.968. The molecule has 0 fully saturated rings. The van der Waals surface area contributed by atoms with Gasteiger partial charge in [0.1, 0.15) is 0 Å². The molecule has 0 amide bonds. The van der Waals surface area contributed by atoms with Gasteiger partial charge in [-0.05, 0) is 6.42 Å². The summed E-state index contributed by atoms with van der Waals surface area (Å²) < 4.78 is 23.2. The molecule has 4 heteroatoms. The van der Waals surface area contributed by atoms with Gasteiger partial charge in [-0.1, -0.05) is 25.2 Å². The molecule has 0 aromatic carbocycles. The first-order valence-electron chi connectivity index (χ1n) is 3.05. The third-order valence-corrected chi connectivity index (χ3v) is 5.08. The fraction of sp³-hybridized carbons (Fsp3) is 1.00. The van der Waals surface area contributed by atoms with E-state index in [-0.39, 0.29) is 6.16 Å². The molecule has 0 aromatic rings. The van der Waals surface area contributed by atoms with Gasteiger partial charge in [-0.25, -0.2) is 0 Å². The van der Waals surface area contributed by atoms with E-state index in [2.05, 4.69) is 0 Å². The van der Waals surface area contributed by atoms with Crippen LogP contribution in [0.3, 0.4) is 0 Å². The Kier molecular flexibility index (Phi) is 4.59. The van der Waals surface area contributed by atoms with E-state index in [0.29, 0.717) is 5.75 Å². The Bertz CT molecular complexity index is 118. The van der Waals surface area contributed by atoms with Crippen molar-refractivity contribution in [2.45, 2.75) is 20.3 Å². The van der Waals surface area contributed by atoms with Crippen molar-refractivity contribution < 1.29 is 8.76 Å². The monoisotopic (exact) mass is 170 g/mol. The number of halogens is 1. The second-order valence-electron chi connectivity index (χ2n) is 1.74. The van der Waals surface area contributed by atoms with E-state index in [1.165, 1.54) is 0 Å². The van der Waals surface area contributed by atoms with Gasteiger partial charge in [0.05, 0.1) is 0 Å². The van der Waals surface area contributed by atoms with Crippen LogP contribution in [-0.2, 0) is 4.57 Å². The summed E-state index contributed by atoms with van der Waals surface area (Å²) in [4.78, 5) is 0. The lowest BCUT2D eigenvalue weighted by molar-refractivity contribution is 0.556. The molecule has 0 heterocycles. The maximum Gasteiger partial charge on any atom is 0.296 e. The zero-order chi connectivity index (χ0) is 7.33. The van der Waals surface area contributed by atoms with E-state index >= 15 is 0 Å². The van der Waals surface area contributed by atoms with Gasteiger partial charge in [-0.15, -0.1) is 0 Å². The van der Waals surface area contributed by atoms with Crippen LogP contribution in [0.4, 0.5) is 4.20 Å². The van der Waals surface area contributed by atoms with Crippen LogP contribution in [0.2, 0.25) is 0 Å². The van der Waals surface area contributed by atoms with Crippen LogP contribution in [0.5, 0.6) is 0 Å². The van der Waals surface area contributed by atoms with Gasteiger partial charge in [-0.3, -0.25) is 4.57 Å². The SMILES string of the molecule is CCCSP(=O)(F)CC. The first-order chi connectivity index (χ1) is 4.12. The highest BCUT2D eigenvalue weighted by molar-refractivity contribution is 8.56. The van der Waals surface area contributed by atoms with Gasteiger partial charge < -0.3 is 0 Å². The molecule has 0 bridgehead atoms. The zero-order valence-electron chi connectivity index (χ0n) is 5.76. The molecular weight excluding hydrogens is 158 g/mol. The molecule has 1 atom stereocenters. The first kappa shape index (κ1) is 9.51. The Hall–Kier alpha value is 0.510. The van der Waals surface area contributed by atoms with Crippen molar-refractivity contribution in [3.05, 3.63) is 0 Å². The largest absolute Gasteiger partial charge is 0.296 e. The van der Waals surface area contributed by atoms with E-state index in [1.54, 1.807) is 6.92 Å². The first-order valence-corrected chi connectivity index (χ1v) is 6.43. The van der Waals surface area contributed by atoms with Crippen LogP contribution >= 0.6 is 18.0 Å². The van der Waals surface area contributed by atoms with Gasteiger partial charge >= 0.3 is 0 Å². The molecule has 0 N–H and O–H groups in total. The normalized spacial score (nSPS) is 17.2. The number of hydrogen-bond donors (Lipinski definition) is 0. The average Bonchev–Trinajstić information content (AvgIpc) is 1.84. The average molecular weight is 170 g/mol. The fourth-order valence-corrected chi connectivity index (χ4v) is 2.87. The van der Waals surface area contributed by atoms with Crippen molar-refractivity contribution in [2.24, 2.45) is 0 Å². The zero-order valence-corrected chi connectivity index (χ0v) is 7.47. The van der Waals surface area contributed by atoms with E-state index in [4.69, 9.17) is 0 Å². The Morgan fingerprint density at radius 3 is 2.44 bits per heavy atom. The molecule has 0 aromatic heterocycles. The van der Waals surface area contributed by atoms with Crippen LogP contribution in [0.1, 0.15) is 20.3 Å². The lowest BCUT2D eigenvalue weighted by Crippen LogP contribution is -1.75. The van der Waals surface area contributed by atoms with Gasteiger partial charge in [0.2, 0.25) is 0 Å². The molecule has 0 saturated heterocycles. The molecular formula is C5H12FOPS. The van der Waals surface area contributed by atoms with Gasteiger partial charge in [-0.2, -0.15) is 4.20 Å². The van der Waals surface area contributed by atoms with Gasteiger partial charge in [0.15, 0.2) is 0 Å². The topological polar surface area (TPSA) is 17.1 Å². The highest BCUT2D eigenvalue weighted by Crippen LogP contribution is 2.59. The van der Waals surface area contributed by atoms with E-state index in [1.807, 2.05) is 6.92 Å². The summed E-state index contributed by atoms with van der Waals surface area (Å²) in [5.74, 6) is 0.668. The van der Waals surface area contributed by atoms with Crippen LogP contribution in [0.15, 0.2) is 0 Å². The molecule has 0 radical (unpaired) electrons. The van der Waals surface area contributed by atoms with Crippen LogP contribution < -0.4 is 0 Å². The molecule has 0 saturated carbocycles. The summed E-state index contributed by atoms with van der Waals surface area (Å²) in [7, 11) is 0. The molecule has 0 aliphatic heterocycles. The van der Waals surface area contributed by atoms with Crippen LogP contribution in [0, 0.1) is 0 Å². The van der Waals surface area contributed by atoms with Crippen molar-refractivity contribution >= 4 is 18.0 Å². The van der Waals surface area contributed by atoms with Crippen LogP contribution in [-0.4, -0.2) is 11.9 Å². The van der Waals surface area contributed by atoms with Crippen molar-refractivity contribution in [1.82, 2.24) is 0 Å². The highest BCUT2D eigenvalue weighted by atomic mass is 32.7. The van der Waals surface area contributed by atoms with Crippen LogP contribution in [0.25, 0.3) is 0 Å². The summed E-state index contributed by atoms with van der Waals surface area (Å²) in [6.45, 7) is 0.288. The quantitative estimate of drug-likeness (QED) is 0.602. The van der Waals surface area contributed by atoms with E-state index < -0.39 is 6.65 Å². The third kappa shape index (κ3) is 4.98. The minimum atomic E-state index is -3.27. The smallest absolute Gasteiger partial charge is 0.276 e. The minimum absolute atomic E-state index is 0.164. The third-order valence-electron chi connectivity index (χ3n) is 0.866. The van der Waals surface area contributed by atoms with E-state index in [0.717, 1.165) is 17.8 Å². The summed E-state index contributed by atoms with van der Waals surface area (Å²) in [5, 5.41) is 0. The molecule has 9 heavy (non-hydrogen) atoms. The Morgan fingerprint density at radius 1 is 1.56 bits per heavy atom. The second-order valence-corrected chi connectivity index (χ2v) is 6.63. The number of hydrogen-bond acceptors (Lipinski definition) is 2. The fourth-order valence-electron chi connectivity index (χ4n) is 0.319. The summed E-state index contributed by atoms with van der Waals surface area (Å²) in [6.07, 6.45) is 1.05. The van der Waals surface area contributed by atoms with Crippen molar-refractivity contribution in [3.8, 4) is 0 Å². The molecule has 1 nitrogen and oxygen atoms in total. The highest BCUT2D eigenvalue weighted by Gasteiger charge is 2.16. The minimum Gasteiger partial charge on any atom is -0.276 e. The molecule has 56 valence electrons. The Labute approximate surface area is 59.6 Å². The molecule has 0 rings (SSSR count). The molecule has 0 aliphatic carbocycles. The summed E-state index contributed by atoms with van der Waals surface area (Å²) in [6, 6.07) is 0. The maximum absolute atomic E-state index is 12.5.